The van der Waals surface area contributed by atoms with Crippen LogP contribution in [0.1, 0.15) is 5.69 Å². The molecule has 62 valence electrons. The van der Waals surface area contributed by atoms with Crippen molar-refractivity contribution in [2.45, 2.75) is 6.18 Å². The number of halogens is 4. The van der Waals surface area contributed by atoms with Crippen LogP contribution < -0.4 is 0 Å². The van der Waals surface area contributed by atoms with Crippen molar-refractivity contribution in [2.75, 3.05) is 0 Å². The monoisotopic (exact) mass is 184 g/mol. The standard InChI is InChI=1S/C5H4ClF3N2/c1-11-3(5(7,8)9)2-4(6)10-11/h2H,1H3. The molecular weight excluding hydrogens is 181 g/mol. The van der Waals surface area contributed by atoms with Gasteiger partial charge in [0.1, 0.15) is 5.69 Å². The van der Waals surface area contributed by atoms with Crippen LogP contribution in [0.5, 0.6) is 0 Å². The van der Waals surface area contributed by atoms with E-state index in [-0.39, 0.29) is 5.15 Å². The molecule has 1 heterocycles. The molecule has 2 nitrogen and oxygen atoms in total. The Hall–Kier alpha value is -0.710. The SMILES string of the molecule is Cn1nc(Cl)cc1C(F)(F)F. The Morgan fingerprint density at radius 1 is 1.55 bits per heavy atom. The average Bonchev–Trinajstić information content (AvgIpc) is 2.08. The molecule has 0 aliphatic heterocycles. The van der Waals surface area contributed by atoms with Crippen LogP contribution in [0.15, 0.2) is 6.07 Å². The second-order valence-corrected chi connectivity index (χ2v) is 2.36. The second kappa shape index (κ2) is 2.41. The smallest absolute Gasteiger partial charge is 0.262 e. The Kier molecular flexibility index (Phi) is 1.83. The first-order valence-corrected chi connectivity index (χ1v) is 3.06. The van der Waals surface area contributed by atoms with Gasteiger partial charge in [0.15, 0.2) is 5.15 Å². The first kappa shape index (κ1) is 8.39. The van der Waals surface area contributed by atoms with Gasteiger partial charge in [-0.05, 0) is 0 Å². The number of aromatic nitrogens is 2. The summed E-state index contributed by atoms with van der Waals surface area (Å²) in [6, 6.07) is 0.779. The van der Waals surface area contributed by atoms with Crippen LogP contribution in [-0.4, -0.2) is 9.78 Å². The normalized spacial score (nSPS) is 12.1. The lowest BCUT2D eigenvalue weighted by Gasteiger charge is -2.04. The van der Waals surface area contributed by atoms with Gasteiger partial charge in [0.05, 0.1) is 0 Å². The molecule has 6 heteroatoms. The highest BCUT2D eigenvalue weighted by molar-refractivity contribution is 6.29. The topological polar surface area (TPSA) is 17.8 Å². The molecule has 0 saturated carbocycles. The van der Waals surface area contributed by atoms with E-state index in [0.29, 0.717) is 4.68 Å². The van der Waals surface area contributed by atoms with Crippen molar-refractivity contribution in [1.29, 1.82) is 0 Å². The molecule has 0 radical (unpaired) electrons. The van der Waals surface area contributed by atoms with E-state index in [1.165, 1.54) is 7.05 Å². The van der Waals surface area contributed by atoms with Crippen molar-refractivity contribution < 1.29 is 13.2 Å². The minimum absolute atomic E-state index is 0.153. The van der Waals surface area contributed by atoms with Crippen LogP contribution in [0.25, 0.3) is 0 Å². The molecule has 1 rings (SSSR count). The average molecular weight is 185 g/mol. The number of hydrogen-bond acceptors (Lipinski definition) is 1. The van der Waals surface area contributed by atoms with Gasteiger partial charge in [-0.3, -0.25) is 4.68 Å². The first-order chi connectivity index (χ1) is 4.91. The van der Waals surface area contributed by atoms with Gasteiger partial charge in [0.2, 0.25) is 0 Å². The van der Waals surface area contributed by atoms with E-state index in [9.17, 15) is 13.2 Å². The van der Waals surface area contributed by atoms with Gasteiger partial charge in [-0.15, -0.1) is 0 Å². The zero-order chi connectivity index (χ0) is 8.65. The molecule has 0 fully saturated rings. The van der Waals surface area contributed by atoms with Crippen LogP contribution in [-0.2, 0) is 13.2 Å². The maximum atomic E-state index is 11.9. The van der Waals surface area contributed by atoms with Crippen molar-refractivity contribution in [2.24, 2.45) is 7.05 Å². The summed E-state index contributed by atoms with van der Waals surface area (Å²) in [5.41, 5.74) is -0.845. The Morgan fingerprint density at radius 3 is 2.27 bits per heavy atom. The fourth-order valence-corrected chi connectivity index (χ4v) is 0.914. The van der Waals surface area contributed by atoms with Crippen molar-refractivity contribution >= 4 is 11.6 Å². The highest BCUT2D eigenvalue weighted by Gasteiger charge is 2.34. The summed E-state index contributed by atoms with van der Waals surface area (Å²) in [7, 11) is 1.19. The molecule has 0 atom stereocenters. The summed E-state index contributed by atoms with van der Waals surface area (Å²) >= 11 is 5.24. The lowest BCUT2D eigenvalue weighted by molar-refractivity contribution is -0.143. The minimum Gasteiger partial charge on any atom is -0.262 e. The lowest BCUT2D eigenvalue weighted by Crippen LogP contribution is -2.11. The number of nitrogens with zero attached hydrogens (tertiary/aromatic N) is 2. The van der Waals surface area contributed by atoms with Gasteiger partial charge in [-0.2, -0.15) is 18.3 Å². The summed E-state index contributed by atoms with van der Waals surface area (Å²) in [6.45, 7) is 0. The molecule has 0 aliphatic rings. The van der Waals surface area contributed by atoms with Crippen LogP contribution in [0.4, 0.5) is 13.2 Å². The van der Waals surface area contributed by atoms with E-state index in [2.05, 4.69) is 5.10 Å². The van der Waals surface area contributed by atoms with Crippen molar-refractivity contribution in [3.63, 3.8) is 0 Å². The highest BCUT2D eigenvalue weighted by atomic mass is 35.5. The molecule has 0 aliphatic carbocycles. The third-order valence-corrected chi connectivity index (χ3v) is 1.33. The van der Waals surface area contributed by atoms with Gasteiger partial charge < -0.3 is 0 Å². The Labute approximate surface area is 65.6 Å². The predicted molar refractivity (Wildman–Crippen MR) is 33.2 cm³/mol. The molecule has 0 aromatic carbocycles. The van der Waals surface area contributed by atoms with Gasteiger partial charge in [0, 0.05) is 13.1 Å². The quantitative estimate of drug-likeness (QED) is 0.604. The summed E-state index contributed by atoms with van der Waals surface area (Å²) in [6.07, 6.45) is -4.38. The minimum atomic E-state index is -4.38. The molecule has 1 aromatic rings. The third kappa shape index (κ3) is 1.65. The summed E-state index contributed by atoms with van der Waals surface area (Å²) in [4.78, 5) is 0. The van der Waals surface area contributed by atoms with E-state index in [1.54, 1.807) is 0 Å². The summed E-state index contributed by atoms with van der Waals surface area (Å²) < 4.78 is 36.5. The van der Waals surface area contributed by atoms with E-state index in [0.717, 1.165) is 6.07 Å². The highest BCUT2D eigenvalue weighted by Crippen LogP contribution is 2.29. The summed E-state index contributed by atoms with van der Waals surface area (Å²) in [5, 5.41) is 3.19. The molecular formula is C5H4ClF3N2. The fourth-order valence-electron chi connectivity index (χ4n) is 0.698. The Balaban J connectivity index is 3.13. The van der Waals surface area contributed by atoms with Gasteiger partial charge in [-0.1, -0.05) is 11.6 Å². The molecule has 0 spiro atoms. The fraction of sp³-hybridized carbons (Fsp3) is 0.400. The van der Waals surface area contributed by atoms with Crippen LogP contribution >= 0.6 is 11.6 Å². The van der Waals surface area contributed by atoms with Crippen molar-refractivity contribution in [3.05, 3.63) is 16.9 Å². The molecule has 0 N–H and O–H groups in total. The maximum Gasteiger partial charge on any atom is 0.433 e. The van der Waals surface area contributed by atoms with Crippen LogP contribution in [0.2, 0.25) is 5.15 Å². The second-order valence-electron chi connectivity index (χ2n) is 1.97. The van der Waals surface area contributed by atoms with Gasteiger partial charge in [0.25, 0.3) is 0 Å². The van der Waals surface area contributed by atoms with E-state index in [4.69, 9.17) is 11.6 Å². The molecule has 0 amide bonds. The molecule has 1 aromatic heterocycles. The lowest BCUT2D eigenvalue weighted by atomic mass is 10.4. The van der Waals surface area contributed by atoms with Crippen molar-refractivity contribution in [1.82, 2.24) is 9.78 Å². The summed E-state index contributed by atoms with van der Waals surface area (Å²) in [5.74, 6) is 0. The zero-order valence-electron chi connectivity index (χ0n) is 5.48. The van der Waals surface area contributed by atoms with Gasteiger partial charge >= 0.3 is 6.18 Å². The largest absolute Gasteiger partial charge is 0.433 e. The number of hydrogen-bond donors (Lipinski definition) is 0. The molecule has 0 bridgehead atoms. The van der Waals surface area contributed by atoms with E-state index < -0.39 is 11.9 Å². The number of rotatable bonds is 0. The van der Waals surface area contributed by atoms with Crippen molar-refractivity contribution in [3.8, 4) is 0 Å². The van der Waals surface area contributed by atoms with Crippen LogP contribution in [0, 0.1) is 0 Å². The number of aryl methyl sites for hydroxylation is 1. The molecule has 11 heavy (non-hydrogen) atoms. The van der Waals surface area contributed by atoms with E-state index >= 15 is 0 Å². The predicted octanol–water partition coefficient (Wildman–Crippen LogP) is 2.09. The first-order valence-electron chi connectivity index (χ1n) is 2.68. The Bertz CT molecular complexity index is 265. The Morgan fingerprint density at radius 2 is 2.09 bits per heavy atom. The number of alkyl halides is 3. The zero-order valence-corrected chi connectivity index (χ0v) is 6.24. The maximum absolute atomic E-state index is 11.9. The van der Waals surface area contributed by atoms with Crippen LogP contribution in [0.3, 0.4) is 0 Å². The van der Waals surface area contributed by atoms with Gasteiger partial charge in [-0.25, -0.2) is 0 Å². The molecule has 0 saturated heterocycles. The molecule has 0 unspecified atom stereocenters. The third-order valence-electron chi connectivity index (χ3n) is 1.14. The van der Waals surface area contributed by atoms with E-state index in [1.807, 2.05) is 0 Å².